The number of halogens is 1. The van der Waals surface area contributed by atoms with E-state index in [1.165, 1.54) is 0 Å². The molecule has 0 unspecified atom stereocenters. The van der Waals surface area contributed by atoms with Crippen LogP contribution in [0.15, 0.2) is 24.3 Å². The first kappa shape index (κ1) is 12.4. The van der Waals surface area contributed by atoms with Gasteiger partial charge in [0.2, 0.25) is 0 Å². The van der Waals surface area contributed by atoms with Gasteiger partial charge in [-0.3, -0.25) is 4.79 Å². The second kappa shape index (κ2) is 5.07. The van der Waals surface area contributed by atoms with E-state index in [1.54, 1.807) is 12.1 Å². The minimum Gasteiger partial charge on any atom is -0.481 e. The van der Waals surface area contributed by atoms with Crippen LogP contribution in [-0.4, -0.2) is 24.3 Å². The third-order valence-corrected chi connectivity index (χ3v) is 3.61. The molecule has 1 aromatic carbocycles. The average molecular weight is 255 g/mol. The smallest absolute Gasteiger partial charge is 0.310 e. The third-order valence-electron chi connectivity index (χ3n) is 3.36. The van der Waals surface area contributed by atoms with Crippen LogP contribution in [0.3, 0.4) is 0 Å². The molecule has 3 nitrogen and oxygen atoms in total. The number of hydrogen-bond acceptors (Lipinski definition) is 2. The highest BCUT2D eigenvalue weighted by molar-refractivity contribution is 6.30. The Morgan fingerprint density at radius 1 is 1.29 bits per heavy atom. The minimum absolute atomic E-state index is 0.528. The van der Waals surface area contributed by atoms with Crippen LogP contribution in [0.4, 0.5) is 0 Å². The Labute approximate surface area is 105 Å². The van der Waals surface area contributed by atoms with Crippen molar-refractivity contribution < 1.29 is 14.6 Å². The van der Waals surface area contributed by atoms with Crippen molar-refractivity contribution in [2.45, 2.75) is 19.3 Å². The van der Waals surface area contributed by atoms with E-state index in [1.807, 2.05) is 12.1 Å². The fraction of sp³-hybridized carbons (Fsp3) is 0.462. The first-order valence-corrected chi connectivity index (χ1v) is 6.06. The van der Waals surface area contributed by atoms with E-state index in [9.17, 15) is 9.90 Å². The molecule has 0 amide bonds. The number of carbonyl (C=O) groups is 1. The van der Waals surface area contributed by atoms with Gasteiger partial charge in [-0.05, 0) is 37.0 Å². The van der Waals surface area contributed by atoms with Gasteiger partial charge in [-0.25, -0.2) is 0 Å². The molecule has 4 heteroatoms. The summed E-state index contributed by atoms with van der Waals surface area (Å²) in [6.07, 6.45) is 1.69. The number of aliphatic carboxylic acids is 1. The van der Waals surface area contributed by atoms with Gasteiger partial charge in [-0.15, -0.1) is 0 Å². The van der Waals surface area contributed by atoms with Gasteiger partial charge in [-0.2, -0.15) is 0 Å². The van der Waals surface area contributed by atoms with E-state index in [2.05, 4.69) is 0 Å². The van der Waals surface area contributed by atoms with E-state index in [0.717, 1.165) is 5.56 Å². The fourth-order valence-electron chi connectivity index (χ4n) is 2.22. The zero-order valence-corrected chi connectivity index (χ0v) is 10.2. The summed E-state index contributed by atoms with van der Waals surface area (Å²) < 4.78 is 5.25. The normalized spacial score (nSPS) is 18.9. The molecule has 1 saturated heterocycles. The van der Waals surface area contributed by atoms with Crippen molar-refractivity contribution in [2.75, 3.05) is 13.2 Å². The highest BCUT2D eigenvalue weighted by Gasteiger charge is 2.40. The van der Waals surface area contributed by atoms with Crippen LogP contribution in [0, 0.1) is 5.41 Å². The Kier molecular flexibility index (Phi) is 3.69. The Morgan fingerprint density at radius 2 is 1.88 bits per heavy atom. The van der Waals surface area contributed by atoms with Crippen LogP contribution in [0.2, 0.25) is 5.02 Å². The molecular weight excluding hydrogens is 240 g/mol. The summed E-state index contributed by atoms with van der Waals surface area (Å²) in [6, 6.07) is 7.38. The first-order chi connectivity index (χ1) is 8.12. The van der Waals surface area contributed by atoms with E-state index >= 15 is 0 Å². The number of carboxylic acids is 1. The van der Waals surface area contributed by atoms with E-state index < -0.39 is 11.4 Å². The molecule has 0 aromatic heterocycles. The predicted molar refractivity (Wildman–Crippen MR) is 65.3 cm³/mol. The van der Waals surface area contributed by atoms with Crippen molar-refractivity contribution in [3.05, 3.63) is 34.9 Å². The summed E-state index contributed by atoms with van der Waals surface area (Å²) in [4.78, 5) is 11.5. The molecule has 1 aliphatic heterocycles. The first-order valence-electron chi connectivity index (χ1n) is 5.68. The van der Waals surface area contributed by atoms with Crippen molar-refractivity contribution in [1.82, 2.24) is 0 Å². The average Bonchev–Trinajstić information content (AvgIpc) is 2.33. The van der Waals surface area contributed by atoms with Gasteiger partial charge >= 0.3 is 5.97 Å². The van der Waals surface area contributed by atoms with E-state index in [-0.39, 0.29) is 0 Å². The third kappa shape index (κ3) is 2.79. The summed E-state index contributed by atoms with van der Waals surface area (Å²) in [6.45, 7) is 1.06. The summed E-state index contributed by atoms with van der Waals surface area (Å²) in [7, 11) is 0. The molecule has 0 spiro atoms. The van der Waals surface area contributed by atoms with Crippen LogP contribution in [0.1, 0.15) is 18.4 Å². The van der Waals surface area contributed by atoms with Crippen molar-refractivity contribution in [2.24, 2.45) is 5.41 Å². The molecule has 0 radical (unpaired) electrons. The highest BCUT2D eigenvalue weighted by Crippen LogP contribution is 2.34. The molecule has 1 fully saturated rings. The molecule has 0 aliphatic carbocycles. The number of ether oxygens (including phenoxy) is 1. The summed E-state index contributed by atoms with van der Waals surface area (Å²) >= 11 is 5.82. The lowest BCUT2D eigenvalue weighted by atomic mass is 9.75. The SMILES string of the molecule is O=C(O)C1(Cc2ccc(Cl)cc2)CCOCC1. The molecule has 1 N–H and O–H groups in total. The topological polar surface area (TPSA) is 46.5 Å². The number of benzene rings is 1. The van der Waals surface area contributed by atoms with Crippen LogP contribution in [0.25, 0.3) is 0 Å². The number of carboxylic acid groups (broad SMARTS) is 1. The molecule has 0 atom stereocenters. The molecule has 1 aromatic rings. The van der Waals surface area contributed by atoms with Gasteiger partial charge in [0.15, 0.2) is 0 Å². The van der Waals surface area contributed by atoms with Gasteiger partial charge in [0.1, 0.15) is 0 Å². The molecular formula is C13H15ClO3. The minimum atomic E-state index is -0.726. The zero-order chi connectivity index (χ0) is 12.3. The summed E-state index contributed by atoms with van der Waals surface area (Å²) in [5.41, 5.74) is 0.338. The second-order valence-electron chi connectivity index (χ2n) is 4.50. The Hall–Kier alpha value is -1.06. The zero-order valence-electron chi connectivity index (χ0n) is 9.49. The monoisotopic (exact) mass is 254 g/mol. The van der Waals surface area contributed by atoms with Crippen molar-refractivity contribution in [1.29, 1.82) is 0 Å². The lowest BCUT2D eigenvalue weighted by Gasteiger charge is -2.33. The van der Waals surface area contributed by atoms with E-state index in [0.29, 0.717) is 37.5 Å². The van der Waals surface area contributed by atoms with Gasteiger partial charge in [0.25, 0.3) is 0 Å². The van der Waals surface area contributed by atoms with Gasteiger partial charge < -0.3 is 9.84 Å². The lowest BCUT2D eigenvalue weighted by molar-refractivity contribution is -0.154. The maximum absolute atomic E-state index is 11.5. The molecule has 2 rings (SSSR count). The molecule has 1 heterocycles. The van der Waals surface area contributed by atoms with Crippen LogP contribution < -0.4 is 0 Å². The largest absolute Gasteiger partial charge is 0.481 e. The predicted octanol–water partition coefficient (Wildman–Crippen LogP) is 2.76. The molecule has 1 aliphatic rings. The maximum atomic E-state index is 11.5. The van der Waals surface area contributed by atoms with Gasteiger partial charge in [-0.1, -0.05) is 23.7 Å². The Morgan fingerprint density at radius 3 is 2.41 bits per heavy atom. The fourth-order valence-corrected chi connectivity index (χ4v) is 2.35. The quantitative estimate of drug-likeness (QED) is 0.902. The van der Waals surface area contributed by atoms with Gasteiger partial charge in [0, 0.05) is 18.2 Å². The van der Waals surface area contributed by atoms with Crippen molar-refractivity contribution >= 4 is 17.6 Å². The maximum Gasteiger partial charge on any atom is 0.310 e. The van der Waals surface area contributed by atoms with Gasteiger partial charge in [0.05, 0.1) is 5.41 Å². The molecule has 0 saturated carbocycles. The Bertz CT molecular complexity index is 394. The van der Waals surface area contributed by atoms with Crippen LogP contribution in [0.5, 0.6) is 0 Å². The highest BCUT2D eigenvalue weighted by atomic mass is 35.5. The molecule has 92 valence electrons. The molecule has 0 bridgehead atoms. The molecule has 17 heavy (non-hydrogen) atoms. The standard InChI is InChI=1S/C13H15ClO3/c14-11-3-1-10(2-4-11)9-13(12(15)16)5-7-17-8-6-13/h1-4H,5-9H2,(H,15,16). The number of rotatable bonds is 3. The van der Waals surface area contributed by atoms with E-state index in [4.69, 9.17) is 16.3 Å². The summed E-state index contributed by atoms with van der Waals surface area (Å²) in [5.74, 6) is -0.726. The Balaban J connectivity index is 2.17. The van der Waals surface area contributed by atoms with Crippen molar-refractivity contribution in [3.8, 4) is 0 Å². The summed E-state index contributed by atoms with van der Waals surface area (Å²) in [5, 5.41) is 10.1. The van der Waals surface area contributed by atoms with Crippen LogP contribution in [-0.2, 0) is 16.0 Å². The number of hydrogen-bond donors (Lipinski definition) is 1. The van der Waals surface area contributed by atoms with Crippen molar-refractivity contribution in [3.63, 3.8) is 0 Å². The van der Waals surface area contributed by atoms with Crippen LogP contribution >= 0.6 is 11.6 Å². The lowest BCUT2D eigenvalue weighted by Crippen LogP contribution is -2.39. The second-order valence-corrected chi connectivity index (χ2v) is 4.94.